The highest BCUT2D eigenvalue weighted by Gasteiger charge is 2.37. The van der Waals surface area contributed by atoms with Gasteiger partial charge in [-0.2, -0.15) is 0 Å². The lowest BCUT2D eigenvalue weighted by Gasteiger charge is -2.33. The lowest BCUT2D eigenvalue weighted by molar-refractivity contribution is -0.129. The van der Waals surface area contributed by atoms with E-state index in [1.54, 1.807) is 70.6 Å². The van der Waals surface area contributed by atoms with Gasteiger partial charge in [0.1, 0.15) is 23.0 Å². The molecule has 17 heteroatoms. The normalized spacial score (nSPS) is 17.1. The molecule has 1 aromatic carbocycles. The number of hydrogen-bond acceptors (Lipinski definition) is 11. The molecule has 3 aliphatic heterocycles. The van der Waals surface area contributed by atoms with Gasteiger partial charge in [-0.1, -0.05) is 33.1 Å². The van der Waals surface area contributed by atoms with Gasteiger partial charge in [-0.25, -0.2) is 15.0 Å². The minimum atomic E-state index is -0.838. The largest absolute Gasteiger partial charge is 0.476 e. The van der Waals surface area contributed by atoms with Gasteiger partial charge in [0.05, 0.1) is 6.54 Å². The van der Waals surface area contributed by atoms with Crippen molar-refractivity contribution >= 4 is 89.8 Å². The Bertz CT molecular complexity index is 2550. The maximum absolute atomic E-state index is 12.6. The van der Waals surface area contributed by atoms with E-state index in [4.69, 9.17) is 18.6 Å². The predicted octanol–water partition coefficient (Wildman–Crippen LogP) is 10.1. The number of pyridine rings is 3. The second kappa shape index (κ2) is 19.5. The van der Waals surface area contributed by atoms with E-state index < -0.39 is 16.8 Å². The number of anilines is 3. The van der Waals surface area contributed by atoms with Gasteiger partial charge < -0.3 is 39.5 Å². The first kappa shape index (κ1) is 48.9. The van der Waals surface area contributed by atoms with Gasteiger partial charge in [-0.3, -0.25) is 19.6 Å². The first-order valence-electron chi connectivity index (χ1n) is 18.9. The maximum atomic E-state index is 12.6. The molecule has 0 fully saturated rings. The Morgan fingerprint density at radius 2 is 1.24 bits per heavy atom. The molecule has 0 saturated carbocycles. The number of aliphatic imine (C=N–C) groups is 2. The van der Waals surface area contributed by atoms with E-state index in [0.717, 1.165) is 48.4 Å². The summed E-state index contributed by atoms with van der Waals surface area (Å²) in [5.74, 6) is 5.71. The van der Waals surface area contributed by atoms with Crippen molar-refractivity contribution in [3.63, 3.8) is 0 Å². The number of nitrogens with one attached hydrogen (secondary N) is 3. The third kappa shape index (κ3) is 11.0. The highest BCUT2D eigenvalue weighted by Crippen LogP contribution is 2.36. The first-order chi connectivity index (χ1) is 28.3. The minimum absolute atomic E-state index is 0. The van der Waals surface area contributed by atoms with E-state index in [1.165, 1.54) is 6.08 Å². The number of carbonyl (C=O) groups is 2. The van der Waals surface area contributed by atoms with Crippen LogP contribution in [0.1, 0.15) is 73.3 Å². The molecule has 330 valence electrons. The predicted molar refractivity (Wildman–Crippen MR) is 255 cm³/mol. The van der Waals surface area contributed by atoms with Gasteiger partial charge in [0.15, 0.2) is 51.5 Å². The van der Waals surface area contributed by atoms with Crippen molar-refractivity contribution in [3.05, 3.63) is 93.0 Å². The number of likely N-dealkylation sites (N-methyl/N-ethyl adjacent to an activating group) is 1. The third-order valence-electron chi connectivity index (χ3n) is 9.57. The lowest BCUT2D eigenvalue weighted by Crippen LogP contribution is -2.46. The van der Waals surface area contributed by atoms with Crippen LogP contribution in [0.15, 0.2) is 90.5 Å². The van der Waals surface area contributed by atoms with Gasteiger partial charge in [-0.05, 0) is 116 Å². The van der Waals surface area contributed by atoms with Crippen molar-refractivity contribution < 1.29 is 28.2 Å². The molecule has 0 atom stereocenters. The van der Waals surface area contributed by atoms with Crippen molar-refractivity contribution in [2.45, 2.75) is 86.7 Å². The molecule has 0 bridgehead atoms. The topological polar surface area (TPSA) is 178 Å². The van der Waals surface area contributed by atoms with E-state index in [-0.39, 0.29) is 26.7 Å². The van der Waals surface area contributed by atoms with Gasteiger partial charge >= 0.3 is 0 Å². The number of rotatable bonds is 4. The van der Waals surface area contributed by atoms with Crippen molar-refractivity contribution in [1.82, 2.24) is 19.9 Å². The number of aromatic nitrogens is 3. The highest BCUT2D eigenvalue weighted by molar-refractivity contribution is 9.10. The summed E-state index contributed by atoms with van der Waals surface area (Å²) in [5.41, 5.74) is 0.806. The fourth-order valence-electron chi connectivity index (χ4n) is 6.27. The number of fused-ring (bicyclic) bond motifs is 4. The Kier molecular flexibility index (Phi) is 15.4. The number of ether oxygens (including phenoxy) is 3. The summed E-state index contributed by atoms with van der Waals surface area (Å²) in [4.78, 5) is 46.8. The molecular formula is C45H55Br2N9O6. The molecule has 0 radical (unpaired) electrons. The average Bonchev–Trinajstić information content (AvgIpc) is 3.50. The maximum Gasteiger partial charge on any atom is 0.269 e. The Hall–Kier alpha value is -5.81. The summed E-state index contributed by atoms with van der Waals surface area (Å²) >= 11 is 6.65. The van der Waals surface area contributed by atoms with Crippen LogP contribution >= 0.6 is 31.9 Å². The van der Waals surface area contributed by atoms with Crippen LogP contribution in [0.3, 0.4) is 0 Å². The number of nitrogens with zero attached hydrogens (tertiary/aromatic N) is 6. The molecule has 0 unspecified atom stereocenters. The molecule has 5 aromatic rings. The summed E-state index contributed by atoms with van der Waals surface area (Å²) in [6, 6.07) is 13.4. The van der Waals surface area contributed by atoms with Crippen LogP contribution in [0, 0.1) is 6.92 Å². The fourth-order valence-corrected chi connectivity index (χ4v) is 6.89. The van der Waals surface area contributed by atoms with Gasteiger partial charge in [0.2, 0.25) is 5.91 Å². The number of benzene rings is 1. The van der Waals surface area contributed by atoms with E-state index >= 15 is 0 Å². The number of halogens is 2. The average molecular weight is 978 g/mol. The summed E-state index contributed by atoms with van der Waals surface area (Å²) in [6.45, 7) is 13.6. The number of hydrogen-bond donors (Lipinski definition) is 3. The second-order valence-electron chi connectivity index (χ2n) is 15.5. The van der Waals surface area contributed by atoms with Crippen LogP contribution in [0.5, 0.6) is 17.2 Å². The Morgan fingerprint density at radius 1 is 0.758 bits per heavy atom. The fraction of sp³-hybridized carbons (Fsp3) is 0.356. The van der Waals surface area contributed by atoms with E-state index in [0.29, 0.717) is 41.3 Å². The zero-order chi connectivity index (χ0) is 43.6. The Balaban J connectivity index is 0.000000227. The third-order valence-corrected chi connectivity index (χ3v) is 10.4. The number of furan rings is 1. The first-order valence-corrected chi connectivity index (χ1v) is 20.5. The molecular weight excluding hydrogens is 922 g/mol. The summed E-state index contributed by atoms with van der Waals surface area (Å²) in [5, 5.41) is 10.1. The van der Waals surface area contributed by atoms with Crippen molar-refractivity contribution in [2.24, 2.45) is 9.98 Å². The summed E-state index contributed by atoms with van der Waals surface area (Å²) < 4.78 is 25.0. The molecule has 7 heterocycles. The van der Waals surface area contributed by atoms with Crippen LogP contribution in [0.2, 0.25) is 0 Å². The van der Waals surface area contributed by atoms with Gasteiger partial charge in [0, 0.05) is 65.7 Å². The van der Waals surface area contributed by atoms with Crippen LogP contribution in [-0.4, -0.2) is 81.3 Å². The second-order valence-corrected chi connectivity index (χ2v) is 17.3. The number of amidine groups is 2. The van der Waals surface area contributed by atoms with Crippen molar-refractivity contribution in [1.29, 1.82) is 0 Å². The van der Waals surface area contributed by atoms with E-state index in [9.17, 15) is 9.59 Å². The van der Waals surface area contributed by atoms with E-state index in [2.05, 4.69) is 72.7 Å². The summed E-state index contributed by atoms with van der Waals surface area (Å²) in [6.07, 6.45) is 8.29. The monoisotopic (exact) mass is 975 g/mol. The molecule has 0 spiro atoms. The zero-order valence-electron chi connectivity index (χ0n) is 35.0. The molecule has 0 aliphatic carbocycles. The highest BCUT2D eigenvalue weighted by atomic mass is 79.9. The lowest BCUT2D eigenvalue weighted by atomic mass is 10.1. The number of amides is 2. The number of carbonyl (C=O) groups excluding carboxylic acids is 2. The molecule has 3 aliphatic rings. The van der Waals surface area contributed by atoms with Crippen molar-refractivity contribution in [3.8, 4) is 17.2 Å². The van der Waals surface area contributed by atoms with Gasteiger partial charge in [0.25, 0.3) is 5.91 Å². The standard InChI is InChI=1S/C24H26N4O3.C10H12BrN3O.C9H9BrN2O2.2CH4/c1-15-17-8-6-7-9-18(17)30-20(15)14-28(5)21(29)11-10-16-12-19-22(26-13-16)27-23(25-4)24(2,3)31-19;1-10(2)9(12-3)14-8-7(15-10)4-6(11)5-13-8;1-9(2)8(13)12-7-6(14-9)3-5(10)4-11-7;;/h6-13H,14H2,1-5H3,(H,25,26,27);4-5H,1-3H3,(H,12,13,14);3-4H,1-2H3,(H,11,12,13);2*1H4/b11-10+;;;;. The SMILES string of the molecule is C.C.CC1(C)Oc2cc(Br)cnc2NC1=O.CN=C1Nc2ncc(/C=C/C(=O)N(C)Cc3oc4ccccc4c3C)cc2OC1(C)C.CN=C1Nc2ncc(Br)cc2OC1(C)C. The zero-order valence-corrected chi connectivity index (χ0v) is 38.2. The Morgan fingerprint density at radius 3 is 1.77 bits per heavy atom. The number of para-hydroxylation sites is 1. The molecule has 4 aromatic heterocycles. The molecule has 0 saturated heterocycles. The van der Waals surface area contributed by atoms with Crippen LogP contribution in [0.25, 0.3) is 17.0 Å². The van der Waals surface area contributed by atoms with E-state index in [1.807, 2.05) is 71.0 Å². The summed E-state index contributed by atoms with van der Waals surface area (Å²) in [7, 11) is 5.20. The number of aryl methyl sites for hydroxylation is 1. The smallest absolute Gasteiger partial charge is 0.269 e. The van der Waals surface area contributed by atoms with Crippen LogP contribution in [0.4, 0.5) is 17.5 Å². The van der Waals surface area contributed by atoms with Crippen molar-refractivity contribution in [2.75, 3.05) is 37.1 Å². The van der Waals surface area contributed by atoms with Crippen LogP contribution < -0.4 is 30.2 Å². The molecule has 8 rings (SSSR count). The van der Waals surface area contributed by atoms with Crippen LogP contribution in [-0.2, 0) is 16.1 Å². The van der Waals surface area contributed by atoms with Gasteiger partial charge in [-0.15, -0.1) is 0 Å². The molecule has 2 amide bonds. The molecule has 15 nitrogen and oxygen atoms in total. The quantitative estimate of drug-likeness (QED) is 0.146. The molecule has 62 heavy (non-hydrogen) atoms. The molecule has 3 N–H and O–H groups in total. The minimum Gasteiger partial charge on any atom is -0.476 e. The Labute approximate surface area is 380 Å².